The highest BCUT2D eigenvalue weighted by Crippen LogP contribution is 2.30. The first kappa shape index (κ1) is 14.2. The van der Waals surface area contributed by atoms with Crippen molar-refractivity contribution in [3.63, 3.8) is 0 Å². The zero-order chi connectivity index (χ0) is 14.8. The normalized spacial score (nSPS) is 12.8. The molecule has 0 bridgehead atoms. The fourth-order valence-electron chi connectivity index (χ4n) is 1.99. The largest absolute Gasteiger partial charge is 0.295 e. The summed E-state index contributed by atoms with van der Waals surface area (Å²) in [4.78, 5) is 10.3. The summed E-state index contributed by atoms with van der Waals surface area (Å²) in [7, 11) is -4.52. The number of hydrogen-bond acceptors (Lipinski definition) is 4. The Balaban J connectivity index is 2.67. The van der Waals surface area contributed by atoms with Crippen LogP contribution < -0.4 is 0 Å². The highest BCUT2D eigenvalue weighted by molar-refractivity contribution is 7.85. The maximum Gasteiger partial charge on any atom is 0.295 e. The van der Waals surface area contributed by atoms with E-state index >= 15 is 0 Å². The van der Waals surface area contributed by atoms with Gasteiger partial charge in [0.15, 0.2) is 0 Å². The average Bonchev–Trinajstić information content (AvgIpc) is 2.39. The van der Waals surface area contributed by atoms with Gasteiger partial charge in [-0.05, 0) is 6.07 Å². The van der Waals surface area contributed by atoms with E-state index in [-0.39, 0.29) is 5.56 Å². The Kier molecular flexibility index (Phi) is 3.82. The lowest BCUT2D eigenvalue weighted by Gasteiger charge is -2.12. The van der Waals surface area contributed by atoms with Gasteiger partial charge in [0, 0.05) is 10.5 Å². The fourth-order valence-corrected chi connectivity index (χ4v) is 2.72. The first-order valence-corrected chi connectivity index (χ1v) is 7.10. The van der Waals surface area contributed by atoms with Crippen LogP contribution in [0.1, 0.15) is 17.2 Å². The van der Waals surface area contributed by atoms with Crippen LogP contribution in [0, 0.1) is 10.1 Å². The van der Waals surface area contributed by atoms with E-state index in [2.05, 4.69) is 0 Å². The topological polar surface area (TPSA) is 97.5 Å². The van der Waals surface area contributed by atoms with E-state index in [0.717, 1.165) is 6.07 Å². The van der Waals surface area contributed by atoms with Crippen LogP contribution in [0.15, 0.2) is 59.5 Å². The molecular formula is C13H11NO5S. The molecule has 1 atom stereocenters. The Morgan fingerprint density at radius 3 is 2.10 bits per heavy atom. The van der Waals surface area contributed by atoms with Crippen LogP contribution in [0.2, 0.25) is 0 Å². The smallest absolute Gasteiger partial charge is 0.282 e. The molecule has 0 heterocycles. The molecule has 7 heteroatoms. The number of rotatable bonds is 4. The molecule has 0 saturated heterocycles. The summed E-state index contributed by atoms with van der Waals surface area (Å²) < 4.78 is 31.9. The molecule has 0 radical (unpaired) electrons. The molecule has 0 fully saturated rings. The van der Waals surface area contributed by atoms with E-state index in [0.29, 0.717) is 5.56 Å². The maximum absolute atomic E-state index is 11.3. The van der Waals surface area contributed by atoms with Gasteiger partial charge >= 0.3 is 0 Å². The van der Waals surface area contributed by atoms with Gasteiger partial charge < -0.3 is 0 Å². The van der Waals surface area contributed by atoms with Crippen molar-refractivity contribution in [1.29, 1.82) is 0 Å². The zero-order valence-electron chi connectivity index (χ0n) is 10.2. The van der Waals surface area contributed by atoms with Crippen LogP contribution >= 0.6 is 0 Å². The summed E-state index contributed by atoms with van der Waals surface area (Å²) in [6, 6.07) is 12.0. The van der Waals surface area contributed by atoms with Gasteiger partial charge in [-0.15, -0.1) is 0 Å². The van der Waals surface area contributed by atoms with E-state index in [1.54, 1.807) is 18.2 Å². The fraction of sp³-hybridized carbons (Fsp3) is 0.0769. The second kappa shape index (κ2) is 5.40. The van der Waals surface area contributed by atoms with Gasteiger partial charge in [0.25, 0.3) is 16.2 Å². The molecule has 1 unspecified atom stereocenters. The minimum absolute atomic E-state index is 0.0637. The molecule has 0 aromatic heterocycles. The Bertz CT molecular complexity index is 727. The summed E-state index contributed by atoms with van der Waals surface area (Å²) >= 11 is 0. The van der Waals surface area contributed by atoms with Crippen molar-refractivity contribution in [3.8, 4) is 0 Å². The average molecular weight is 293 g/mol. The van der Waals surface area contributed by atoms with Crippen molar-refractivity contribution in [2.24, 2.45) is 0 Å². The quantitative estimate of drug-likeness (QED) is 0.530. The molecule has 0 aliphatic carbocycles. The van der Waals surface area contributed by atoms with E-state index < -0.39 is 26.0 Å². The Morgan fingerprint density at radius 2 is 1.55 bits per heavy atom. The van der Waals surface area contributed by atoms with Crippen molar-refractivity contribution in [2.45, 2.75) is 10.9 Å². The summed E-state index contributed by atoms with van der Waals surface area (Å²) in [5.41, 5.74) is 0.278. The maximum atomic E-state index is 11.3. The Morgan fingerprint density at radius 1 is 1.00 bits per heavy atom. The van der Waals surface area contributed by atoms with Crippen LogP contribution in [-0.4, -0.2) is 17.9 Å². The van der Waals surface area contributed by atoms with E-state index in [1.165, 1.54) is 30.3 Å². The highest BCUT2D eigenvalue weighted by Gasteiger charge is 2.31. The molecular weight excluding hydrogens is 282 g/mol. The summed E-state index contributed by atoms with van der Waals surface area (Å²) in [5, 5.41) is 11.3. The first-order valence-electron chi connectivity index (χ1n) is 5.66. The lowest BCUT2D eigenvalue weighted by molar-refractivity contribution is -0.517. The molecule has 6 nitrogen and oxygen atoms in total. The van der Waals surface area contributed by atoms with Gasteiger partial charge in [0.05, 0.1) is 5.56 Å². The van der Waals surface area contributed by atoms with E-state index in [4.69, 9.17) is 0 Å². The predicted octanol–water partition coefficient (Wildman–Crippen LogP) is 2.30. The molecule has 2 aromatic carbocycles. The second-order valence-corrected chi connectivity index (χ2v) is 5.50. The number of nitro groups is 1. The third-order valence-electron chi connectivity index (χ3n) is 2.82. The minimum atomic E-state index is -4.52. The molecule has 0 aliphatic heterocycles. The van der Waals surface area contributed by atoms with Gasteiger partial charge in [-0.2, -0.15) is 8.42 Å². The SMILES string of the molecule is O=[N+]([O-])C(c1ccccc1)c1ccccc1S(=O)(=O)O. The minimum Gasteiger partial charge on any atom is -0.282 e. The third-order valence-corrected chi connectivity index (χ3v) is 3.75. The van der Waals surface area contributed by atoms with Crippen LogP contribution in [0.25, 0.3) is 0 Å². The molecule has 0 saturated carbocycles. The molecule has 0 amide bonds. The van der Waals surface area contributed by atoms with E-state index in [9.17, 15) is 23.1 Å². The predicted molar refractivity (Wildman–Crippen MR) is 71.5 cm³/mol. The molecule has 0 aliphatic rings. The molecule has 104 valence electrons. The standard InChI is InChI=1S/C13H11NO5S/c15-14(16)13(10-6-2-1-3-7-10)11-8-4-5-9-12(11)20(17,18)19/h1-9,13H,(H,17,18,19). The summed E-state index contributed by atoms with van der Waals surface area (Å²) in [6.45, 7) is 0. The molecule has 1 N–H and O–H groups in total. The van der Waals surface area contributed by atoms with Crippen molar-refractivity contribution >= 4 is 10.1 Å². The van der Waals surface area contributed by atoms with E-state index in [1.807, 2.05) is 0 Å². The summed E-state index contributed by atoms with van der Waals surface area (Å²) in [5.74, 6) is 0. The van der Waals surface area contributed by atoms with Gasteiger partial charge in [-0.3, -0.25) is 14.7 Å². The van der Waals surface area contributed by atoms with Gasteiger partial charge in [-0.25, -0.2) is 0 Å². The highest BCUT2D eigenvalue weighted by atomic mass is 32.2. The Hall–Kier alpha value is -2.25. The van der Waals surface area contributed by atoms with Crippen LogP contribution in [0.4, 0.5) is 0 Å². The van der Waals surface area contributed by atoms with Crippen molar-refractivity contribution < 1.29 is 17.9 Å². The molecule has 2 aromatic rings. The molecule has 2 rings (SSSR count). The van der Waals surface area contributed by atoms with Gasteiger partial charge in [-0.1, -0.05) is 48.5 Å². The van der Waals surface area contributed by atoms with Gasteiger partial charge in [0.2, 0.25) is 0 Å². The molecule has 20 heavy (non-hydrogen) atoms. The second-order valence-electron chi connectivity index (χ2n) is 4.11. The number of benzene rings is 2. The van der Waals surface area contributed by atoms with Crippen molar-refractivity contribution in [3.05, 3.63) is 75.8 Å². The zero-order valence-corrected chi connectivity index (χ0v) is 11.0. The third kappa shape index (κ3) is 2.84. The Labute approximate surface area is 115 Å². The lowest BCUT2D eigenvalue weighted by atomic mass is 9.99. The number of hydrogen-bond donors (Lipinski definition) is 1. The van der Waals surface area contributed by atoms with Crippen LogP contribution in [0.5, 0.6) is 0 Å². The monoisotopic (exact) mass is 293 g/mol. The first-order chi connectivity index (χ1) is 9.41. The number of nitrogens with zero attached hydrogens (tertiary/aromatic N) is 1. The van der Waals surface area contributed by atoms with Crippen molar-refractivity contribution in [2.75, 3.05) is 0 Å². The lowest BCUT2D eigenvalue weighted by Crippen LogP contribution is -2.15. The van der Waals surface area contributed by atoms with Crippen LogP contribution in [0.3, 0.4) is 0 Å². The summed E-state index contributed by atoms with van der Waals surface area (Å²) in [6.07, 6.45) is 0. The molecule has 0 spiro atoms. The van der Waals surface area contributed by atoms with Crippen LogP contribution in [-0.2, 0) is 10.1 Å². The van der Waals surface area contributed by atoms with Crippen molar-refractivity contribution in [1.82, 2.24) is 0 Å². The van der Waals surface area contributed by atoms with Gasteiger partial charge in [0.1, 0.15) is 4.90 Å².